The molecule has 0 aliphatic rings. The molecule has 18 heavy (non-hydrogen) atoms. The van der Waals surface area contributed by atoms with E-state index in [9.17, 15) is 0 Å². The topological polar surface area (TPSA) is 42.2 Å². The van der Waals surface area contributed by atoms with E-state index in [-0.39, 0.29) is 0 Å². The first-order valence-corrected chi connectivity index (χ1v) is 7.97. The van der Waals surface area contributed by atoms with Gasteiger partial charge in [-0.25, -0.2) is 4.98 Å². The predicted octanol–water partition coefficient (Wildman–Crippen LogP) is 2.55. The highest BCUT2D eigenvalue weighted by atomic mass is 32.2. The minimum atomic E-state index is 0.750. The fourth-order valence-corrected chi connectivity index (χ4v) is 3.59. The highest BCUT2D eigenvalue weighted by Gasteiger charge is 2.05. The Morgan fingerprint density at radius 1 is 1.39 bits per heavy atom. The maximum atomic E-state index is 5.50. The molecule has 5 heteroatoms. The van der Waals surface area contributed by atoms with Crippen molar-refractivity contribution in [1.82, 2.24) is 9.88 Å². The standard InChI is InChI=1S/C13H19N3S2/c1-16(2)8-13-15-11-4-3-10(7-12(11)18-13)9-17-6-5-14/h3-4,7H,5-6,8-9,14H2,1-2H3. The molecule has 0 unspecified atom stereocenters. The highest BCUT2D eigenvalue weighted by Crippen LogP contribution is 2.25. The molecule has 0 fully saturated rings. The van der Waals surface area contributed by atoms with Gasteiger partial charge in [-0.2, -0.15) is 11.8 Å². The summed E-state index contributed by atoms with van der Waals surface area (Å²) in [5.41, 5.74) is 7.98. The summed E-state index contributed by atoms with van der Waals surface area (Å²) in [4.78, 5) is 6.79. The summed E-state index contributed by atoms with van der Waals surface area (Å²) in [6.07, 6.45) is 0. The molecule has 2 aromatic rings. The van der Waals surface area contributed by atoms with Crippen molar-refractivity contribution >= 4 is 33.3 Å². The summed E-state index contributed by atoms with van der Waals surface area (Å²) < 4.78 is 1.29. The summed E-state index contributed by atoms with van der Waals surface area (Å²) in [7, 11) is 4.14. The number of fused-ring (bicyclic) bond motifs is 1. The van der Waals surface area contributed by atoms with Gasteiger partial charge >= 0.3 is 0 Å². The molecular weight excluding hydrogens is 262 g/mol. The third-order valence-corrected chi connectivity index (χ3v) is 4.54. The smallest absolute Gasteiger partial charge is 0.108 e. The van der Waals surface area contributed by atoms with Crippen molar-refractivity contribution in [3.8, 4) is 0 Å². The van der Waals surface area contributed by atoms with E-state index in [4.69, 9.17) is 5.73 Å². The van der Waals surface area contributed by atoms with E-state index in [2.05, 4.69) is 42.2 Å². The Kier molecular flexibility index (Phi) is 5.00. The van der Waals surface area contributed by atoms with Crippen LogP contribution < -0.4 is 5.73 Å². The van der Waals surface area contributed by atoms with Crippen molar-refractivity contribution in [2.75, 3.05) is 26.4 Å². The van der Waals surface area contributed by atoms with Crippen LogP contribution in [0.3, 0.4) is 0 Å². The maximum absolute atomic E-state index is 5.50. The van der Waals surface area contributed by atoms with Crippen LogP contribution in [0.2, 0.25) is 0 Å². The molecule has 0 bridgehead atoms. The molecule has 0 spiro atoms. The van der Waals surface area contributed by atoms with Gasteiger partial charge in [0.05, 0.1) is 10.2 Å². The molecule has 1 heterocycles. The second-order valence-corrected chi connectivity index (χ2v) is 6.71. The normalized spacial score (nSPS) is 11.6. The van der Waals surface area contributed by atoms with Crippen LogP contribution in [-0.4, -0.2) is 36.3 Å². The van der Waals surface area contributed by atoms with Crippen molar-refractivity contribution in [2.24, 2.45) is 5.73 Å². The lowest BCUT2D eigenvalue weighted by molar-refractivity contribution is 0.402. The van der Waals surface area contributed by atoms with Crippen LogP contribution >= 0.6 is 23.1 Å². The average molecular weight is 281 g/mol. The van der Waals surface area contributed by atoms with Gasteiger partial charge in [-0.3, -0.25) is 0 Å². The Bertz CT molecular complexity index is 508. The lowest BCUT2D eigenvalue weighted by atomic mass is 10.2. The predicted molar refractivity (Wildman–Crippen MR) is 82.2 cm³/mol. The first-order chi connectivity index (χ1) is 8.69. The number of nitrogens with zero attached hydrogens (tertiary/aromatic N) is 2. The first kappa shape index (κ1) is 13.8. The van der Waals surface area contributed by atoms with Crippen LogP contribution in [0.25, 0.3) is 10.2 Å². The molecule has 0 radical (unpaired) electrons. The summed E-state index contributed by atoms with van der Waals surface area (Å²) in [6, 6.07) is 6.56. The number of hydrogen-bond acceptors (Lipinski definition) is 5. The highest BCUT2D eigenvalue weighted by molar-refractivity contribution is 7.98. The van der Waals surface area contributed by atoms with Crippen LogP contribution in [0.15, 0.2) is 18.2 Å². The number of benzene rings is 1. The second-order valence-electron chi connectivity index (χ2n) is 4.49. The van der Waals surface area contributed by atoms with Crippen molar-refractivity contribution in [1.29, 1.82) is 0 Å². The van der Waals surface area contributed by atoms with Crippen LogP contribution in [-0.2, 0) is 12.3 Å². The lowest BCUT2D eigenvalue weighted by Gasteiger charge is -2.04. The molecule has 1 aromatic carbocycles. The Hall–Kier alpha value is -0.620. The van der Waals surface area contributed by atoms with Crippen LogP contribution in [0.1, 0.15) is 10.6 Å². The van der Waals surface area contributed by atoms with E-state index in [1.165, 1.54) is 15.3 Å². The molecule has 0 saturated heterocycles. The number of thioether (sulfide) groups is 1. The monoisotopic (exact) mass is 281 g/mol. The van der Waals surface area contributed by atoms with Gasteiger partial charge < -0.3 is 10.6 Å². The van der Waals surface area contributed by atoms with Crippen molar-refractivity contribution < 1.29 is 0 Å². The van der Waals surface area contributed by atoms with Gasteiger partial charge in [-0.1, -0.05) is 6.07 Å². The molecule has 0 aliphatic carbocycles. The molecule has 3 nitrogen and oxygen atoms in total. The molecule has 0 atom stereocenters. The zero-order chi connectivity index (χ0) is 13.0. The zero-order valence-electron chi connectivity index (χ0n) is 10.8. The number of thiazole rings is 1. The molecule has 2 N–H and O–H groups in total. The number of nitrogens with two attached hydrogens (primary N) is 1. The zero-order valence-corrected chi connectivity index (χ0v) is 12.5. The van der Waals surface area contributed by atoms with E-state index in [1.54, 1.807) is 11.3 Å². The Morgan fingerprint density at radius 3 is 2.94 bits per heavy atom. The van der Waals surface area contributed by atoms with Gasteiger partial charge in [0.25, 0.3) is 0 Å². The first-order valence-electron chi connectivity index (χ1n) is 6.00. The number of aromatic nitrogens is 1. The molecule has 2 rings (SSSR count). The lowest BCUT2D eigenvalue weighted by Crippen LogP contribution is -2.09. The van der Waals surface area contributed by atoms with Crippen LogP contribution in [0.5, 0.6) is 0 Å². The molecular formula is C13H19N3S2. The third-order valence-electron chi connectivity index (χ3n) is 2.48. The average Bonchev–Trinajstić information content (AvgIpc) is 2.69. The maximum Gasteiger partial charge on any atom is 0.108 e. The number of rotatable bonds is 6. The minimum Gasteiger partial charge on any atom is -0.330 e. The van der Waals surface area contributed by atoms with Gasteiger partial charge in [0.1, 0.15) is 5.01 Å². The quantitative estimate of drug-likeness (QED) is 0.826. The van der Waals surface area contributed by atoms with Gasteiger partial charge in [0.2, 0.25) is 0 Å². The van der Waals surface area contributed by atoms with E-state index in [0.717, 1.165) is 30.1 Å². The summed E-state index contributed by atoms with van der Waals surface area (Å²) in [5, 5.41) is 1.18. The third kappa shape index (κ3) is 3.68. The molecule has 0 saturated carbocycles. The Balaban J connectivity index is 2.12. The van der Waals surface area contributed by atoms with Gasteiger partial charge in [0.15, 0.2) is 0 Å². The molecule has 0 amide bonds. The van der Waals surface area contributed by atoms with Crippen LogP contribution in [0, 0.1) is 0 Å². The van der Waals surface area contributed by atoms with Gasteiger partial charge in [-0.05, 0) is 31.8 Å². The fraction of sp³-hybridized carbons (Fsp3) is 0.462. The molecule has 98 valence electrons. The molecule has 0 aliphatic heterocycles. The fourth-order valence-electron chi connectivity index (χ4n) is 1.72. The summed E-state index contributed by atoms with van der Waals surface area (Å²) >= 11 is 3.68. The van der Waals surface area contributed by atoms with E-state index in [0.29, 0.717) is 0 Å². The van der Waals surface area contributed by atoms with Gasteiger partial charge in [0, 0.05) is 24.6 Å². The van der Waals surface area contributed by atoms with Crippen molar-refractivity contribution in [3.05, 3.63) is 28.8 Å². The number of hydrogen-bond donors (Lipinski definition) is 1. The SMILES string of the molecule is CN(C)Cc1nc2ccc(CSCCN)cc2s1. The Labute approximate surface area is 116 Å². The summed E-state index contributed by atoms with van der Waals surface area (Å²) in [6.45, 7) is 1.66. The van der Waals surface area contributed by atoms with Crippen molar-refractivity contribution in [2.45, 2.75) is 12.3 Å². The van der Waals surface area contributed by atoms with Gasteiger partial charge in [-0.15, -0.1) is 11.3 Å². The van der Waals surface area contributed by atoms with Crippen LogP contribution in [0.4, 0.5) is 0 Å². The largest absolute Gasteiger partial charge is 0.330 e. The van der Waals surface area contributed by atoms with E-state index < -0.39 is 0 Å². The van der Waals surface area contributed by atoms with Crippen molar-refractivity contribution in [3.63, 3.8) is 0 Å². The second kappa shape index (κ2) is 6.52. The van der Waals surface area contributed by atoms with E-state index in [1.807, 2.05) is 11.8 Å². The Morgan fingerprint density at radius 2 is 2.22 bits per heavy atom. The molecule has 1 aromatic heterocycles. The van der Waals surface area contributed by atoms with E-state index >= 15 is 0 Å². The minimum absolute atomic E-state index is 0.750. The summed E-state index contributed by atoms with van der Waals surface area (Å²) in [5.74, 6) is 2.06.